The van der Waals surface area contributed by atoms with Gasteiger partial charge in [0, 0.05) is 23.5 Å². The monoisotopic (exact) mass is 235 g/mol. The molecule has 0 N–H and O–H groups in total. The van der Waals surface area contributed by atoms with Gasteiger partial charge in [-0.1, -0.05) is 30.9 Å². The van der Waals surface area contributed by atoms with Crippen LogP contribution in [0.15, 0.2) is 37.1 Å². The van der Waals surface area contributed by atoms with Gasteiger partial charge in [0.05, 0.1) is 13.4 Å². The molecule has 0 fully saturated rings. The molecule has 0 spiro atoms. The summed E-state index contributed by atoms with van der Waals surface area (Å²) in [5.41, 5.74) is 0. The topological polar surface area (TPSA) is 49.0 Å². The van der Waals surface area contributed by atoms with Crippen LogP contribution < -0.4 is 0 Å². The fourth-order valence-electron chi connectivity index (χ4n) is 0.321. The fraction of sp³-hybridized carbons (Fsp3) is 0.100. The van der Waals surface area contributed by atoms with Gasteiger partial charge in [-0.2, -0.15) is 0 Å². The quantitative estimate of drug-likeness (QED) is 0.297. The second-order valence-electron chi connectivity index (χ2n) is 1.36. The summed E-state index contributed by atoms with van der Waals surface area (Å²) in [4.78, 5) is 0. The van der Waals surface area contributed by atoms with Gasteiger partial charge in [0.1, 0.15) is 0 Å². The molecule has 0 bridgehead atoms. The number of hydrogen-bond donors (Lipinski definition) is 0. The average molecular weight is 235 g/mol. The molecule has 0 aliphatic heterocycles. The van der Waals surface area contributed by atoms with E-state index in [1.165, 1.54) is 6.26 Å². The van der Waals surface area contributed by atoms with Crippen LogP contribution in [0.2, 0.25) is 0 Å². The van der Waals surface area contributed by atoms with Gasteiger partial charge in [0.15, 0.2) is 0 Å². The first-order valence-corrected chi connectivity index (χ1v) is 3.13. The maximum absolute atomic E-state index is 7.50. The molecule has 0 saturated heterocycles. The van der Waals surface area contributed by atoms with Crippen LogP contribution in [0.3, 0.4) is 0 Å². The molecule has 0 atom stereocenters. The molecule has 0 aromatic heterocycles. The standard InChI is InChI=1S/C5H5.C3H6O.2CO.Fe/c1-2-4-5-3-1;1-3-4-2;2*1-2;/h1-5H;3H,1H2,2H3;;;. The van der Waals surface area contributed by atoms with Crippen LogP contribution in [0.4, 0.5) is 0 Å². The van der Waals surface area contributed by atoms with Crippen LogP contribution in [0.1, 0.15) is 0 Å². The minimum atomic E-state index is 0. The summed E-state index contributed by atoms with van der Waals surface area (Å²) < 4.78 is 19.3. The summed E-state index contributed by atoms with van der Waals surface area (Å²) in [5, 5.41) is 0. The first kappa shape index (κ1) is 23.1. The van der Waals surface area contributed by atoms with E-state index in [1.807, 2.05) is 30.7 Å². The van der Waals surface area contributed by atoms with Gasteiger partial charge in [-0.05, 0) is 0 Å². The Morgan fingerprint density at radius 1 is 1.07 bits per heavy atom. The molecular formula is C10H11FeO3. The van der Waals surface area contributed by atoms with Crippen LogP contribution in [0.5, 0.6) is 0 Å². The Morgan fingerprint density at radius 3 is 1.43 bits per heavy atom. The zero-order valence-electron chi connectivity index (χ0n) is 7.75. The van der Waals surface area contributed by atoms with Crippen molar-refractivity contribution in [1.82, 2.24) is 0 Å². The van der Waals surface area contributed by atoms with E-state index in [-0.39, 0.29) is 17.1 Å². The minimum absolute atomic E-state index is 0. The first-order valence-electron chi connectivity index (χ1n) is 3.13. The van der Waals surface area contributed by atoms with Gasteiger partial charge >= 0.3 is 22.6 Å². The van der Waals surface area contributed by atoms with Crippen LogP contribution in [0, 0.1) is 19.7 Å². The Morgan fingerprint density at radius 2 is 1.36 bits per heavy atom. The third-order valence-corrected chi connectivity index (χ3v) is 0.722. The molecule has 0 heterocycles. The minimum Gasteiger partial charge on any atom is -0.0767 e. The average Bonchev–Trinajstić information content (AvgIpc) is 2.82. The maximum Gasteiger partial charge on any atom is 0.00506 e. The Balaban J connectivity index is -0.0000000511. The van der Waals surface area contributed by atoms with Gasteiger partial charge in [-0.25, -0.2) is 0 Å². The summed E-state index contributed by atoms with van der Waals surface area (Å²) in [7, 11) is 1.56. The summed E-state index contributed by atoms with van der Waals surface area (Å²) >= 11 is 0. The van der Waals surface area contributed by atoms with E-state index >= 15 is 0 Å². The number of allylic oxidation sites excluding steroid dienone is 4. The van der Waals surface area contributed by atoms with E-state index in [1.54, 1.807) is 7.11 Å². The molecule has 1 aliphatic rings. The number of rotatable bonds is 1. The van der Waals surface area contributed by atoms with Crippen molar-refractivity contribution < 1.29 is 31.1 Å². The number of ether oxygens (including phenoxy) is 1. The largest absolute Gasteiger partial charge is 0.0767 e. The van der Waals surface area contributed by atoms with Crippen LogP contribution in [-0.2, 0) is 31.1 Å². The predicted molar refractivity (Wildman–Crippen MR) is 47.6 cm³/mol. The van der Waals surface area contributed by atoms with Gasteiger partial charge in [-0.3, -0.25) is 0 Å². The van der Waals surface area contributed by atoms with Crippen molar-refractivity contribution in [3.05, 3.63) is 56.9 Å². The molecular weight excluding hydrogens is 224 g/mol. The second-order valence-corrected chi connectivity index (χ2v) is 1.36. The number of methoxy groups -OCH3 is 1. The smallest absolute Gasteiger partial charge is 0.00506 e. The van der Waals surface area contributed by atoms with Crippen LogP contribution >= 0.6 is 0 Å². The van der Waals surface area contributed by atoms with Gasteiger partial charge in [-0.15, -0.1) is 0 Å². The molecule has 3 nitrogen and oxygen atoms in total. The van der Waals surface area contributed by atoms with Crippen LogP contribution in [-0.4, -0.2) is 7.11 Å². The third kappa shape index (κ3) is 43.9. The Hall–Kier alpha value is -0.981. The summed E-state index contributed by atoms with van der Waals surface area (Å²) in [6, 6.07) is 0. The Labute approximate surface area is 95.4 Å². The second kappa shape index (κ2) is 40.3. The molecule has 0 aromatic carbocycles. The molecule has 77 valence electrons. The zero-order chi connectivity index (χ0) is 10.9. The zero-order valence-corrected chi connectivity index (χ0v) is 8.85. The SMILES string of the molecule is C=COC.[C-]#[O+].[C-]#[O+].[CH]1C=CC=C1.[Fe]. The molecule has 14 heavy (non-hydrogen) atoms. The van der Waals surface area contributed by atoms with Crippen LogP contribution in [0.25, 0.3) is 0 Å². The van der Waals surface area contributed by atoms with Crippen molar-refractivity contribution in [2.45, 2.75) is 0 Å². The maximum atomic E-state index is 7.50. The fourth-order valence-corrected chi connectivity index (χ4v) is 0.321. The van der Waals surface area contributed by atoms with Crippen molar-refractivity contribution in [1.29, 1.82) is 0 Å². The van der Waals surface area contributed by atoms with Crippen molar-refractivity contribution in [2.24, 2.45) is 0 Å². The summed E-state index contributed by atoms with van der Waals surface area (Å²) in [6.45, 7) is 12.3. The Kier molecular flexibility index (Phi) is 66.5. The van der Waals surface area contributed by atoms with Gasteiger partial charge in [0.25, 0.3) is 0 Å². The molecule has 1 radical (unpaired) electrons. The van der Waals surface area contributed by atoms with E-state index in [0.717, 1.165) is 0 Å². The molecule has 4 heteroatoms. The molecule has 0 aromatic rings. The molecule has 1 rings (SSSR count). The van der Waals surface area contributed by atoms with E-state index < -0.39 is 0 Å². The third-order valence-electron chi connectivity index (χ3n) is 0.722. The van der Waals surface area contributed by atoms with Gasteiger partial charge in [0.2, 0.25) is 0 Å². The van der Waals surface area contributed by atoms with E-state index in [9.17, 15) is 0 Å². The van der Waals surface area contributed by atoms with E-state index in [4.69, 9.17) is 9.30 Å². The van der Waals surface area contributed by atoms with Crippen molar-refractivity contribution in [3.63, 3.8) is 0 Å². The molecule has 0 saturated carbocycles. The summed E-state index contributed by atoms with van der Waals surface area (Å²) in [6.07, 6.45) is 11.4. The van der Waals surface area contributed by atoms with Crippen molar-refractivity contribution in [2.75, 3.05) is 7.11 Å². The van der Waals surface area contributed by atoms with E-state index in [2.05, 4.69) is 24.6 Å². The Bertz CT molecular complexity index is 164. The van der Waals surface area contributed by atoms with Crippen molar-refractivity contribution >= 4 is 0 Å². The summed E-state index contributed by atoms with van der Waals surface area (Å²) in [5.74, 6) is 0. The van der Waals surface area contributed by atoms with E-state index in [0.29, 0.717) is 0 Å². The van der Waals surface area contributed by atoms with Crippen molar-refractivity contribution in [3.8, 4) is 0 Å². The predicted octanol–water partition coefficient (Wildman–Crippen LogP) is 2.02. The van der Waals surface area contributed by atoms with Gasteiger partial charge < -0.3 is 4.74 Å². The normalized spacial score (nSPS) is 8.07. The first-order chi connectivity index (χ1) is 6.41. The number of hydrogen-bond acceptors (Lipinski definition) is 1. The molecule has 1 aliphatic carbocycles. The molecule has 0 amide bonds. The molecule has 0 unspecified atom stereocenters.